The predicted molar refractivity (Wildman–Crippen MR) is 92.3 cm³/mol. The van der Waals surface area contributed by atoms with Crippen molar-refractivity contribution in [3.8, 4) is 0 Å². The molecule has 0 bridgehead atoms. The molecule has 4 amide bonds. The van der Waals surface area contributed by atoms with E-state index in [-0.39, 0.29) is 29.2 Å². The summed E-state index contributed by atoms with van der Waals surface area (Å²) in [5.74, 6) is 0.276. The third kappa shape index (κ3) is 4.48. The van der Waals surface area contributed by atoms with Crippen LogP contribution in [0.5, 0.6) is 0 Å². The molecule has 0 aliphatic carbocycles. The molecule has 24 heavy (non-hydrogen) atoms. The largest absolute Gasteiger partial charge is 0.338 e. The van der Waals surface area contributed by atoms with Crippen LogP contribution < -0.4 is 5.32 Å². The summed E-state index contributed by atoms with van der Waals surface area (Å²) in [4.78, 5) is 39.6. The van der Waals surface area contributed by atoms with Crippen molar-refractivity contribution in [2.75, 3.05) is 26.2 Å². The van der Waals surface area contributed by atoms with E-state index in [0.29, 0.717) is 25.4 Å². The third-order valence-corrected chi connectivity index (χ3v) is 5.09. The summed E-state index contributed by atoms with van der Waals surface area (Å²) in [6.07, 6.45) is 2.89. The van der Waals surface area contributed by atoms with Gasteiger partial charge in [0.1, 0.15) is 0 Å². The summed E-state index contributed by atoms with van der Waals surface area (Å²) in [5.41, 5.74) is -0.178. The van der Waals surface area contributed by atoms with Crippen molar-refractivity contribution in [2.24, 2.45) is 17.3 Å². The minimum Gasteiger partial charge on any atom is -0.338 e. The molecule has 2 rings (SSSR count). The average molecular weight is 337 g/mol. The molecular weight excluding hydrogens is 306 g/mol. The number of imide groups is 1. The van der Waals surface area contributed by atoms with Gasteiger partial charge in [-0.2, -0.15) is 0 Å². The highest BCUT2D eigenvalue weighted by Crippen LogP contribution is 2.35. The van der Waals surface area contributed by atoms with Crippen molar-refractivity contribution in [1.82, 2.24) is 15.1 Å². The van der Waals surface area contributed by atoms with Crippen LogP contribution in [-0.4, -0.2) is 53.8 Å². The van der Waals surface area contributed by atoms with Gasteiger partial charge in [0.2, 0.25) is 11.8 Å². The summed E-state index contributed by atoms with van der Waals surface area (Å²) >= 11 is 0. The number of hydrogen-bond acceptors (Lipinski definition) is 3. The third-order valence-electron chi connectivity index (χ3n) is 5.09. The van der Waals surface area contributed by atoms with E-state index >= 15 is 0 Å². The molecule has 0 aromatic rings. The van der Waals surface area contributed by atoms with Gasteiger partial charge in [0.05, 0.1) is 5.92 Å². The molecule has 6 nitrogen and oxygen atoms in total. The quantitative estimate of drug-likeness (QED) is 0.618. The highest BCUT2D eigenvalue weighted by Gasteiger charge is 2.44. The molecule has 1 N–H and O–H groups in total. The first-order valence-electron chi connectivity index (χ1n) is 9.07. The van der Waals surface area contributed by atoms with E-state index in [1.165, 1.54) is 4.90 Å². The number of unbranched alkanes of at least 4 members (excludes halogenated alkanes) is 1. The highest BCUT2D eigenvalue weighted by atomic mass is 16.2. The molecule has 136 valence electrons. The molecule has 2 heterocycles. The lowest BCUT2D eigenvalue weighted by Gasteiger charge is -2.24. The molecule has 0 saturated carbocycles. The second-order valence-electron chi connectivity index (χ2n) is 8.29. The van der Waals surface area contributed by atoms with E-state index in [2.05, 4.69) is 12.2 Å². The smallest absolute Gasteiger partial charge is 0.317 e. The molecule has 2 aliphatic heterocycles. The minimum absolute atomic E-state index is 0.000437. The highest BCUT2D eigenvalue weighted by molar-refractivity contribution is 6.03. The summed E-state index contributed by atoms with van der Waals surface area (Å²) < 4.78 is 0. The molecule has 2 atom stereocenters. The van der Waals surface area contributed by atoms with Crippen LogP contribution in [0.2, 0.25) is 0 Å². The van der Waals surface area contributed by atoms with Crippen molar-refractivity contribution in [1.29, 1.82) is 0 Å². The van der Waals surface area contributed by atoms with Gasteiger partial charge in [-0.3, -0.25) is 14.5 Å². The Labute approximate surface area is 144 Å². The van der Waals surface area contributed by atoms with Gasteiger partial charge in [0, 0.05) is 32.6 Å². The molecule has 0 radical (unpaired) electrons. The Balaban J connectivity index is 1.66. The van der Waals surface area contributed by atoms with Crippen LogP contribution in [-0.2, 0) is 9.59 Å². The number of carbonyl (C=O) groups is 3. The van der Waals surface area contributed by atoms with Gasteiger partial charge < -0.3 is 10.2 Å². The number of likely N-dealkylation sites (tertiary alicyclic amines) is 2. The van der Waals surface area contributed by atoms with Gasteiger partial charge in [-0.15, -0.1) is 0 Å². The molecule has 2 fully saturated rings. The molecule has 2 aliphatic rings. The Morgan fingerprint density at radius 3 is 2.50 bits per heavy atom. The second-order valence-corrected chi connectivity index (χ2v) is 8.29. The van der Waals surface area contributed by atoms with Crippen molar-refractivity contribution in [3.63, 3.8) is 0 Å². The van der Waals surface area contributed by atoms with Gasteiger partial charge >= 0.3 is 6.03 Å². The van der Waals surface area contributed by atoms with Crippen LogP contribution in [0.3, 0.4) is 0 Å². The Morgan fingerprint density at radius 2 is 1.96 bits per heavy atom. The number of carbonyl (C=O) groups excluding carboxylic acids is 3. The lowest BCUT2D eigenvalue weighted by Crippen LogP contribution is -2.39. The first-order valence-corrected chi connectivity index (χ1v) is 9.07. The Morgan fingerprint density at radius 1 is 1.25 bits per heavy atom. The van der Waals surface area contributed by atoms with Crippen molar-refractivity contribution in [2.45, 2.75) is 53.4 Å². The standard InChI is InChI=1S/C18H31N3O3/c1-13-7-10-20(12-13)17(24)19-8-5-6-9-21-15(22)11-14(16(21)23)18(2,3)4/h13-14H,5-12H2,1-4H3,(H,19,24)/t13-,14?/m0/s1. The van der Waals surface area contributed by atoms with E-state index in [0.717, 1.165) is 32.4 Å². The number of rotatable bonds is 5. The number of hydrogen-bond donors (Lipinski definition) is 1. The van der Waals surface area contributed by atoms with Crippen molar-refractivity contribution < 1.29 is 14.4 Å². The van der Waals surface area contributed by atoms with E-state index in [4.69, 9.17) is 0 Å². The van der Waals surface area contributed by atoms with E-state index < -0.39 is 0 Å². The maximum absolute atomic E-state index is 12.4. The Bertz CT molecular complexity index is 498. The van der Waals surface area contributed by atoms with Crippen LogP contribution >= 0.6 is 0 Å². The topological polar surface area (TPSA) is 69.7 Å². The maximum atomic E-state index is 12.4. The van der Waals surface area contributed by atoms with Crippen LogP contribution in [0.1, 0.15) is 53.4 Å². The van der Waals surface area contributed by atoms with E-state index in [1.54, 1.807) is 0 Å². The SMILES string of the molecule is C[C@H]1CCN(C(=O)NCCCCN2C(=O)CC(C(C)(C)C)C2=O)C1. The molecule has 6 heteroatoms. The summed E-state index contributed by atoms with van der Waals surface area (Å²) in [7, 11) is 0. The monoisotopic (exact) mass is 337 g/mol. The van der Waals surface area contributed by atoms with Crippen LogP contribution in [0, 0.1) is 17.3 Å². The summed E-state index contributed by atoms with van der Waals surface area (Å²) in [6, 6.07) is 0.000437. The van der Waals surface area contributed by atoms with Crippen LogP contribution in [0.15, 0.2) is 0 Å². The second kappa shape index (κ2) is 7.53. The first kappa shape index (κ1) is 18.7. The van der Waals surface area contributed by atoms with Gasteiger partial charge in [-0.25, -0.2) is 4.79 Å². The summed E-state index contributed by atoms with van der Waals surface area (Å²) in [6.45, 7) is 10.9. The van der Waals surface area contributed by atoms with Crippen molar-refractivity contribution in [3.05, 3.63) is 0 Å². The molecule has 2 saturated heterocycles. The fourth-order valence-corrected chi connectivity index (χ4v) is 3.42. The van der Waals surface area contributed by atoms with E-state index in [1.807, 2.05) is 25.7 Å². The Hall–Kier alpha value is -1.59. The van der Waals surface area contributed by atoms with Crippen LogP contribution in [0.25, 0.3) is 0 Å². The molecule has 0 aromatic heterocycles. The number of amides is 4. The zero-order valence-electron chi connectivity index (χ0n) is 15.4. The molecular formula is C18H31N3O3. The normalized spacial score (nSPS) is 24.8. The minimum atomic E-state index is -0.207. The zero-order chi connectivity index (χ0) is 17.9. The molecule has 0 spiro atoms. The lowest BCUT2D eigenvalue weighted by molar-refractivity contribution is -0.140. The van der Waals surface area contributed by atoms with E-state index in [9.17, 15) is 14.4 Å². The number of nitrogens with one attached hydrogen (secondary N) is 1. The molecule has 1 unspecified atom stereocenters. The zero-order valence-corrected chi connectivity index (χ0v) is 15.4. The Kier molecular flexibility index (Phi) is 5.88. The fourth-order valence-electron chi connectivity index (χ4n) is 3.42. The van der Waals surface area contributed by atoms with Gasteiger partial charge in [0.25, 0.3) is 0 Å². The lowest BCUT2D eigenvalue weighted by atomic mass is 9.80. The number of urea groups is 1. The van der Waals surface area contributed by atoms with Gasteiger partial charge in [-0.1, -0.05) is 27.7 Å². The summed E-state index contributed by atoms with van der Waals surface area (Å²) in [5, 5.41) is 2.92. The fraction of sp³-hybridized carbons (Fsp3) is 0.833. The molecule has 0 aromatic carbocycles. The first-order chi connectivity index (χ1) is 11.2. The average Bonchev–Trinajstić information content (AvgIpc) is 3.03. The van der Waals surface area contributed by atoms with Gasteiger partial charge in [0.15, 0.2) is 0 Å². The van der Waals surface area contributed by atoms with Crippen molar-refractivity contribution >= 4 is 17.8 Å². The predicted octanol–water partition coefficient (Wildman–Crippen LogP) is 2.24. The van der Waals surface area contributed by atoms with Crippen LogP contribution in [0.4, 0.5) is 4.79 Å². The van der Waals surface area contributed by atoms with Gasteiger partial charge in [-0.05, 0) is 30.6 Å². The number of nitrogens with zero attached hydrogens (tertiary/aromatic N) is 2. The maximum Gasteiger partial charge on any atom is 0.317 e.